The molecule has 116 valence electrons. The second kappa shape index (κ2) is 7.88. The smallest absolute Gasteiger partial charge is 0.193 e. The number of nitrogens with two attached hydrogens (primary N) is 1. The Morgan fingerprint density at radius 1 is 1.43 bits per heavy atom. The summed E-state index contributed by atoms with van der Waals surface area (Å²) >= 11 is 0. The molecule has 0 amide bonds. The van der Waals surface area contributed by atoms with Crippen LogP contribution >= 0.6 is 0 Å². The zero-order valence-electron chi connectivity index (χ0n) is 13.0. The molecule has 5 nitrogen and oxygen atoms in total. The number of hydrogen-bond donors (Lipinski definition) is 2. The van der Waals surface area contributed by atoms with Gasteiger partial charge in [-0.15, -0.1) is 0 Å². The summed E-state index contributed by atoms with van der Waals surface area (Å²) in [6.45, 7) is 1.67. The Bertz CT molecular complexity index is 469. The summed E-state index contributed by atoms with van der Waals surface area (Å²) in [5.41, 5.74) is 6.81. The maximum absolute atomic E-state index is 5.92. The van der Waals surface area contributed by atoms with Gasteiger partial charge in [-0.25, -0.2) is 0 Å². The molecule has 21 heavy (non-hydrogen) atoms. The van der Waals surface area contributed by atoms with Crippen LogP contribution in [0, 0.1) is 0 Å². The van der Waals surface area contributed by atoms with Gasteiger partial charge in [0.05, 0.1) is 13.7 Å². The minimum atomic E-state index is 0.447. The zero-order valence-corrected chi connectivity index (χ0v) is 13.0. The maximum Gasteiger partial charge on any atom is 0.193 e. The second-order valence-corrected chi connectivity index (χ2v) is 5.54. The van der Waals surface area contributed by atoms with E-state index in [0.717, 1.165) is 30.6 Å². The number of ether oxygens (including phenoxy) is 1. The van der Waals surface area contributed by atoms with E-state index < -0.39 is 0 Å². The number of anilines is 1. The van der Waals surface area contributed by atoms with Crippen LogP contribution in [0.1, 0.15) is 25.7 Å². The van der Waals surface area contributed by atoms with Gasteiger partial charge in [0.25, 0.3) is 0 Å². The van der Waals surface area contributed by atoms with Gasteiger partial charge in [0.15, 0.2) is 5.96 Å². The fourth-order valence-corrected chi connectivity index (χ4v) is 2.74. The maximum atomic E-state index is 5.92. The Hall–Kier alpha value is -1.75. The van der Waals surface area contributed by atoms with Crippen LogP contribution in [0.5, 0.6) is 5.75 Å². The highest BCUT2D eigenvalue weighted by Crippen LogP contribution is 2.22. The molecule has 2 rings (SSSR count). The molecule has 0 unspecified atom stereocenters. The lowest BCUT2D eigenvalue weighted by molar-refractivity contribution is 0.252. The quantitative estimate of drug-likeness (QED) is 0.623. The minimum Gasteiger partial charge on any atom is -0.497 e. The number of nitrogens with zero attached hydrogens (tertiary/aromatic N) is 2. The monoisotopic (exact) mass is 290 g/mol. The van der Waals surface area contributed by atoms with Crippen LogP contribution < -0.4 is 15.8 Å². The van der Waals surface area contributed by atoms with Gasteiger partial charge in [-0.2, -0.15) is 0 Å². The van der Waals surface area contributed by atoms with Crippen molar-refractivity contribution in [3.63, 3.8) is 0 Å². The van der Waals surface area contributed by atoms with E-state index >= 15 is 0 Å². The van der Waals surface area contributed by atoms with Crippen LogP contribution in [0.4, 0.5) is 5.69 Å². The normalized spacial score (nSPS) is 16.4. The fourth-order valence-electron chi connectivity index (χ4n) is 2.74. The van der Waals surface area contributed by atoms with Crippen molar-refractivity contribution in [3.8, 4) is 5.75 Å². The van der Waals surface area contributed by atoms with E-state index in [1.54, 1.807) is 7.11 Å². The van der Waals surface area contributed by atoms with Crippen LogP contribution in [0.2, 0.25) is 0 Å². The van der Waals surface area contributed by atoms with Crippen LogP contribution in [0.3, 0.4) is 0 Å². The van der Waals surface area contributed by atoms with E-state index in [-0.39, 0.29) is 0 Å². The predicted molar refractivity (Wildman–Crippen MR) is 88.0 cm³/mol. The molecule has 1 aromatic carbocycles. The molecular formula is C16H26N4O. The summed E-state index contributed by atoms with van der Waals surface area (Å²) in [5, 5.41) is 3.09. The molecule has 0 atom stereocenters. The predicted octanol–water partition coefficient (Wildman–Crippen LogP) is 2.30. The molecule has 3 N–H and O–H groups in total. The number of aliphatic imine (C=N–C) groups is 1. The fraction of sp³-hybridized carbons (Fsp3) is 0.562. The van der Waals surface area contributed by atoms with Crippen molar-refractivity contribution in [1.82, 2.24) is 4.90 Å². The summed E-state index contributed by atoms with van der Waals surface area (Å²) in [6.07, 6.45) is 5.35. The Morgan fingerprint density at radius 2 is 2.19 bits per heavy atom. The number of guanidine groups is 1. The standard InChI is InChI=1S/C16H26N4O/c1-20(14-7-3-4-8-14)11-10-18-16(17)19-13-6-5-9-15(12-13)21-2/h5-6,9,12,14H,3-4,7-8,10-11H2,1-2H3,(H3,17,18,19). The lowest BCUT2D eigenvalue weighted by atomic mass is 10.2. The third-order valence-electron chi connectivity index (χ3n) is 4.03. The molecule has 0 aromatic heterocycles. The molecule has 1 saturated carbocycles. The van der Waals surface area contributed by atoms with E-state index in [9.17, 15) is 0 Å². The summed E-state index contributed by atoms with van der Waals surface area (Å²) < 4.78 is 5.18. The zero-order chi connectivity index (χ0) is 15.1. The van der Waals surface area contributed by atoms with Crippen molar-refractivity contribution in [3.05, 3.63) is 24.3 Å². The first-order chi connectivity index (χ1) is 10.2. The molecule has 0 saturated heterocycles. The summed E-state index contributed by atoms with van der Waals surface area (Å²) in [4.78, 5) is 6.79. The third-order valence-corrected chi connectivity index (χ3v) is 4.03. The number of benzene rings is 1. The highest BCUT2D eigenvalue weighted by Gasteiger charge is 2.18. The average Bonchev–Trinajstić information content (AvgIpc) is 3.01. The SMILES string of the molecule is COc1cccc(NC(N)=NCCN(C)C2CCCC2)c1. The van der Waals surface area contributed by atoms with E-state index in [1.165, 1.54) is 25.7 Å². The Kier molecular flexibility index (Phi) is 5.87. The first kappa shape index (κ1) is 15.6. The Morgan fingerprint density at radius 3 is 2.90 bits per heavy atom. The first-order valence-electron chi connectivity index (χ1n) is 7.60. The molecular weight excluding hydrogens is 264 g/mol. The van der Waals surface area contributed by atoms with Crippen molar-refractivity contribution in [1.29, 1.82) is 0 Å². The molecule has 0 spiro atoms. The molecule has 0 aliphatic heterocycles. The van der Waals surface area contributed by atoms with E-state index in [2.05, 4.69) is 22.3 Å². The number of rotatable bonds is 6. The van der Waals surface area contributed by atoms with Gasteiger partial charge in [0.2, 0.25) is 0 Å². The van der Waals surface area contributed by atoms with Crippen molar-refractivity contribution < 1.29 is 4.74 Å². The summed E-state index contributed by atoms with van der Waals surface area (Å²) in [7, 11) is 3.83. The van der Waals surface area contributed by atoms with Gasteiger partial charge in [-0.3, -0.25) is 4.99 Å². The number of likely N-dealkylation sites (N-methyl/N-ethyl adjacent to an activating group) is 1. The average molecular weight is 290 g/mol. The number of hydrogen-bond acceptors (Lipinski definition) is 3. The van der Waals surface area contributed by atoms with Crippen molar-refractivity contribution in [2.24, 2.45) is 10.7 Å². The first-order valence-corrected chi connectivity index (χ1v) is 7.60. The van der Waals surface area contributed by atoms with Crippen molar-refractivity contribution >= 4 is 11.6 Å². The lowest BCUT2D eigenvalue weighted by Crippen LogP contribution is -2.32. The molecule has 1 fully saturated rings. The van der Waals surface area contributed by atoms with Crippen LogP contribution in [0.25, 0.3) is 0 Å². The van der Waals surface area contributed by atoms with E-state index in [0.29, 0.717) is 5.96 Å². The van der Waals surface area contributed by atoms with Crippen LogP contribution in [-0.2, 0) is 0 Å². The lowest BCUT2D eigenvalue weighted by Gasteiger charge is -2.22. The molecule has 1 aliphatic rings. The second-order valence-electron chi connectivity index (χ2n) is 5.54. The van der Waals surface area contributed by atoms with Crippen LogP contribution in [-0.4, -0.2) is 44.1 Å². The summed E-state index contributed by atoms with van der Waals surface area (Å²) in [6, 6.07) is 8.38. The van der Waals surface area contributed by atoms with Gasteiger partial charge in [-0.1, -0.05) is 18.9 Å². The molecule has 1 aliphatic carbocycles. The molecule has 0 heterocycles. The largest absolute Gasteiger partial charge is 0.497 e. The molecule has 0 radical (unpaired) electrons. The molecule has 1 aromatic rings. The van der Waals surface area contributed by atoms with Gasteiger partial charge in [0, 0.05) is 24.3 Å². The van der Waals surface area contributed by atoms with Crippen molar-refractivity contribution in [2.45, 2.75) is 31.7 Å². The van der Waals surface area contributed by atoms with Gasteiger partial charge in [-0.05, 0) is 32.0 Å². The van der Waals surface area contributed by atoms with E-state index in [1.807, 2.05) is 24.3 Å². The molecule has 5 heteroatoms. The Labute approximate surface area is 127 Å². The highest BCUT2D eigenvalue weighted by atomic mass is 16.5. The number of methoxy groups -OCH3 is 1. The highest BCUT2D eigenvalue weighted by molar-refractivity contribution is 5.92. The van der Waals surface area contributed by atoms with Gasteiger partial charge < -0.3 is 20.7 Å². The minimum absolute atomic E-state index is 0.447. The van der Waals surface area contributed by atoms with Gasteiger partial charge in [0.1, 0.15) is 5.75 Å². The van der Waals surface area contributed by atoms with Gasteiger partial charge >= 0.3 is 0 Å². The van der Waals surface area contributed by atoms with Crippen molar-refractivity contribution in [2.75, 3.05) is 32.6 Å². The van der Waals surface area contributed by atoms with E-state index in [4.69, 9.17) is 10.5 Å². The summed E-state index contributed by atoms with van der Waals surface area (Å²) in [5.74, 6) is 1.25. The number of nitrogens with one attached hydrogen (secondary N) is 1. The Balaban J connectivity index is 1.77. The molecule has 0 bridgehead atoms. The van der Waals surface area contributed by atoms with Crippen LogP contribution in [0.15, 0.2) is 29.3 Å². The topological polar surface area (TPSA) is 62.9 Å². The third kappa shape index (κ3) is 4.93.